The topological polar surface area (TPSA) is 111 Å². The number of aliphatic hydroxyl groups is 1. The number of nitrogen functional groups attached to an aromatic ring is 1. The van der Waals surface area contributed by atoms with Crippen molar-refractivity contribution >= 4 is 22.9 Å². The zero-order valence-electron chi connectivity index (χ0n) is 16.8. The lowest BCUT2D eigenvalue weighted by atomic mass is 10.0. The number of carbonyl (C=O) groups excluding carboxylic acids is 1. The Morgan fingerprint density at radius 1 is 1.00 bits per heavy atom. The lowest BCUT2D eigenvalue weighted by molar-refractivity contribution is 0.0862. The van der Waals surface area contributed by atoms with Gasteiger partial charge in [-0.25, -0.2) is 9.78 Å². The predicted octanol–water partition coefficient (Wildman–Crippen LogP) is 3.98. The fourth-order valence-electron chi connectivity index (χ4n) is 3.25. The third kappa shape index (κ3) is 5.21. The molecule has 31 heavy (non-hydrogen) atoms. The quantitative estimate of drug-likeness (QED) is 0.392. The molecule has 0 radical (unpaired) electrons. The van der Waals surface area contributed by atoms with Crippen LogP contribution in [0.25, 0.3) is 11.1 Å². The van der Waals surface area contributed by atoms with Gasteiger partial charge in [0.15, 0.2) is 11.7 Å². The van der Waals surface area contributed by atoms with E-state index < -0.39 is 18.2 Å². The Hall–Kier alpha value is -3.84. The largest absolute Gasteiger partial charge is 0.445 e. The summed E-state index contributed by atoms with van der Waals surface area (Å²) in [4.78, 5) is 16.8. The van der Waals surface area contributed by atoms with E-state index in [2.05, 4.69) is 10.3 Å². The monoisotopic (exact) mass is 417 g/mol. The van der Waals surface area contributed by atoms with Crippen molar-refractivity contribution in [3.63, 3.8) is 0 Å². The van der Waals surface area contributed by atoms with Crippen LogP contribution in [-0.2, 0) is 17.8 Å². The summed E-state index contributed by atoms with van der Waals surface area (Å²) < 4.78 is 11.0. The van der Waals surface area contributed by atoms with E-state index in [1.165, 1.54) is 0 Å². The average Bonchev–Trinajstić information content (AvgIpc) is 3.23. The number of benzene rings is 3. The van der Waals surface area contributed by atoms with E-state index in [0.29, 0.717) is 23.2 Å². The van der Waals surface area contributed by atoms with E-state index in [9.17, 15) is 9.90 Å². The Labute approximate surface area is 179 Å². The Morgan fingerprint density at radius 3 is 2.45 bits per heavy atom. The molecule has 0 fully saturated rings. The SMILES string of the molecule is Nc1ccc(C[C@H](NC(=O)OCc2ccccc2)C(O)c2nc3ccccc3o2)cc1. The minimum Gasteiger partial charge on any atom is -0.445 e. The number of para-hydroxylation sites is 2. The zero-order valence-corrected chi connectivity index (χ0v) is 16.8. The van der Waals surface area contributed by atoms with Crippen LogP contribution in [0.2, 0.25) is 0 Å². The van der Waals surface area contributed by atoms with Gasteiger partial charge in [0.1, 0.15) is 12.1 Å². The molecule has 2 atom stereocenters. The Balaban J connectivity index is 1.51. The number of hydrogen-bond acceptors (Lipinski definition) is 6. The number of fused-ring (bicyclic) bond motifs is 1. The maximum absolute atomic E-state index is 12.5. The van der Waals surface area contributed by atoms with Crippen LogP contribution in [0.3, 0.4) is 0 Å². The Kier molecular flexibility index (Phi) is 6.14. The number of aromatic nitrogens is 1. The molecule has 1 heterocycles. The van der Waals surface area contributed by atoms with Crippen molar-refractivity contribution < 1.29 is 19.1 Å². The molecule has 1 amide bonds. The molecule has 7 heteroatoms. The molecule has 0 saturated heterocycles. The number of hydrogen-bond donors (Lipinski definition) is 3. The number of amides is 1. The number of nitrogens with two attached hydrogens (primary N) is 1. The summed E-state index contributed by atoms with van der Waals surface area (Å²) in [5.41, 5.74) is 9.35. The zero-order chi connectivity index (χ0) is 21.6. The summed E-state index contributed by atoms with van der Waals surface area (Å²) in [7, 11) is 0. The van der Waals surface area contributed by atoms with Crippen LogP contribution in [0.5, 0.6) is 0 Å². The number of oxazole rings is 1. The summed E-state index contributed by atoms with van der Waals surface area (Å²) in [5, 5.41) is 13.7. The van der Waals surface area contributed by atoms with Gasteiger partial charge in [-0.1, -0.05) is 54.6 Å². The first kappa shape index (κ1) is 20.4. The van der Waals surface area contributed by atoms with Gasteiger partial charge in [-0.2, -0.15) is 0 Å². The molecular weight excluding hydrogens is 394 g/mol. The Morgan fingerprint density at radius 2 is 1.71 bits per heavy atom. The van der Waals surface area contributed by atoms with Crippen molar-refractivity contribution in [2.45, 2.75) is 25.2 Å². The van der Waals surface area contributed by atoms with Crippen LogP contribution in [0.1, 0.15) is 23.1 Å². The molecule has 4 aromatic rings. The van der Waals surface area contributed by atoms with Gasteiger partial charge in [0.05, 0.1) is 6.04 Å². The molecular formula is C24H23N3O4. The summed E-state index contributed by atoms with van der Waals surface area (Å²) in [5.74, 6) is 0.130. The van der Waals surface area contributed by atoms with Crippen LogP contribution in [-0.4, -0.2) is 22.2 Å². The van der Waals surface area contributed by atoms with E-state index in [1.54, 1.807) is 24.3 Å². The van der Waals surface area contributed by atoms with Crippen molar-refractivity contribution in [1.29, 1.82) is 0 Å². The maximum Gasteiger partial charge on any atom is 0.407 e. The highest BCUT2D eigenvalue weighted by Crippen LogP contribution is 2.24. The molecule has 0 spiro atoms. The van der Waals surface area contributed by atoms with Gasteiger partial charge in [-0.05, 0) is 41.8 Å². The van der Waals surface area contributed by atoms with Crippen LogP contribution in [0, 0.1) is 0 Å². The first-order chi connectivity index (χ1) is 15.1. The molecule has 0 aliphatic rings. The maximum atomic E-state index is 12.5. The molecule has 3 aromatic carbocycles. The second-order valence-corrected chi connectivity index (χ2v) is 7.22. The highest BCUT2D eigenvalue weighted by molar-refractivity contribution is 5.72. The highest BCUT2D eigenvalue weighted by atomic mass is 16.5. The summed E-state index contributed by atoms with van der Waals surface area (Å²) in [6.07, 6.45) is -1.48. The second-order valence-electron chi connectivity index (χ2n) is 7.22. The molecule has 4 N–H and O–H groups in total. The number of alkyl carbamates (subject to hydrolysis) is 1. The number of rotatable bonds is 7. The van der Waals surface area contributed by atoms with Gasteiger partial charge in [0.25, 0.3) is 0 Å². The molecule has 0 aliphatic carbocycles. The van der Waals surface area contributed by atoms with E-state index in [-0.39, 0.29) is 12.5 Å². The van der Waals surface area contributed by atoms with Crippen LogP contribution in [0.15, 0.2) is 83.3 Å². The lowest BCUT2D eigenvalue weighted by Crippen LogP contribution is -2.41. The van der Waals surface area contributed by atoms with E-state index >= 15 is 0 Å². The van der Waals surface area contributed by atoms with E-state index in [4.69, 9.17) is 14.9 Å². The minimum atomic E-state index is -1.17. The normalized spacial score (nSPS) is 12.9. The highest BCUT2D eigenvalue weighted by Gasteiger charge is 2.28. The third-order valence-corrected chi connectivity index (χ3v) is 4.90. The van der Waals surface area contributed by atoms with Crippen LogP contribution in [0.4, 0.5) is 10.5 Å². The van der Waals surface area contributed by atoms with Crippen molar-refractivity contribution in [3.8, 4) is 0 Å². The average molecular weight is 417 g/mol. The van der Waals surface area contributed by atoms with Crippen molar-refractivity contribution in [1.82, 2.24) is 10.3 Å². The fraction of sp³-hybridized carbons (Fsp3) is 0.167. The van der Waals surface area contributed by atoms with Crippen molar-refractivity contribution in [2.24, 2.45) is 0 Å². The summed E-state index contributed by atoms with van der Waals surface area (Å²) in [6.45, 7) is 0.125. The molecule has 4 rings (SSSR count). The first-order valence-corrected chi connectivity index (χ1v) is 9.93. The second kappa shape index (κ2) is 9.32. The molecule has 0 aliphatic heterocycles. The predicted molar refractivity (Wildman–Crippen MR) is 117 cm³/mol. The molecule has 0 bridgehead atoms. The standard InChI is InChI=1S/C24H23N3O4/c25-18-12-10-16(11-13-18)14-20(27-24(29)30-15-17-6-2-1-3-7-17)22(28)23-26-19-8-4-5-9-21(19)31-23/h1-13,20,22,28H,14-15,25H2,(H,27,29)/t20-,22?/m0/s1. The summed E-state index contributed by atoms with van der Waals surface area (Å²) >= 11 is 0. The van der Waals surface area contributed by atoms with Crippen molar-refractivity contribution in [2.75, 3.05) is 5.73 Å². The molecule has 0 saturated carbocycles. The summed E-state index contributed by atoms with van der Waals surface area (Å²) in [6, 6.07) is 23.1. The smallest absolute Gasteiger partial charge is 0.407 e. The van der Waals surface area contributed by atoms with E-state index in [1.807, 2.05) is 54.6 Å². The fourth-order valence-corrected chi connectivity index (χ4v) is 3.25. The Bertz CT molecular complexity index is 1110. The van der Waals surface area contributed by atoms with Gasteiger partial charge in [-0.15, -0.1) is 0 Å². The van der Waals surface area contributed by atoms with Crippen LogP contribution >= 0.6 is 0 Å². The van der Waals surface area contributed by atoms with Crippen molar-refractivity contribution in [3.05, 3.63) is 95.9 Å². The molecule has 1 aromatic heterocycles. The van der Waals surface area contributed by atoms with Gasteiger partial charge in [-0.3, -0.25) is 0 Å². The van der Waals surface area contributed by atoms with E-state index in [0.717, 1.165) is 11.1 Å². The van der Waals surface area contributed by atoms with Gasteiger partial charge >= 0.3 is 6.09 Å². The number of nitrogens with one attached hydrogen (secondary N) is 1. The number of aliphatic hydroxyl groups excluding tert-OH is 1. The lowest BCUT2D eigenvalue weighted by Gasteiger charge is -2.22. The van der Waals surface area contributed by atoms with Gasteiger partial charge in [0.2, 0.25) is 5.89 Å². The van der Waals surface area contributed by atoms with Gasteiger partial charge in [0, 0.05) is 5.69 Å². The molecule has 158 valence electrons. The minimum absolute atomic E-state index is 0.125. The molecule has 1 unspecified atom stereocenters. The number of carbonyl (C=O) groups is 1. The van der Waals surface area contributed by atoms with Gasteiger partial charge < -0.3 is 25.3 Å². The number of anilines is 1. The number of nitrogens with zero attached hydrogens (tertiary/aromatic N) is 1. The first-order valence-electron chi connectivity index (χ1n) is 9.93. The third-order valence-electron chi connectivity index (χ3n) is 4.90. The van der Waals surface area contributed by atoms with Crippen LogP contribution < -0.4 is 11.1 Å². The molecule has 7 nitrogen and oxygen atoms in total. The number of ether oxygens (including phenoxy) is 1.